The van der Waals surface area contributed by atoms with E-state index in [1.165, 1.54) is 0 Å². The Labute approximate surface area is 60.0 Å². The molecule has 58 valence electrons. The van der Waals surface area contributed by atoms with Crippen molar-refractivity contribution in [2.75, 3.05) is 5.73 Å². The van der Waals surface area contributed by atoms with Gasteiger partial charge in [0.15, 0.2) is 0 Å². The Morgan fingerprint density at radius 2 is 2.36 bits per heavy atom. The molecule has 0 spiro atoms. The van der Waals surface area contributed by atoms with Gasteiger partial charge in [-0.25, -0.2) is 4.98 Å². The van der Waals surface area contributed by atoms with Crippen LogP contribution >= 0.6 is 0 Å². The second-order valence-corrected chi connectivity index (χ2v) is 1.74. The second-order valence-electron chi connectivity index (χ2n) is 1.74. The van der Waals surface area contributed by atoms with Crippen LogP contribution in [0.4, 0.5) is 11.6 Å². The van der Waals surface area contributed by atoms with Crippen molar-refractivity contribution < 1.29 is 4.92 Å². The molecule has 0 aliphatic rings. The second kappa shape index (κ2) is 2.37. The Bertz CT molecular complexity index is 343. The lowest BCUT2D eigenvalue weighted by molar-refractivity contribution is -0.386. The molecule has 1 rings (SSSR count). The molecule has 0 radical (unpaired) electrons. The Balaban J connectivity index is 3.32. The van der Waals surface area contributed by atoms with Crippen LogP contribution in [0, 0.1) is 10.1 Å². The van der Waals surface area contributed by atoms with Crippen molar-refractivity contribution in [1.82, 2.24) is 9.97 Å². The van der Waals surface area contributed by atoms with Crippen molar-refractivity contribution in [3.05, 3.63) is 26.7 Å². The monoisotopic (exact) mass is 156 g/mol. The Morgan fingerprint density at radius 3 is 2.82 bits per heavy atom. The fourth-order valence-corrected chi connectivity index (χ4v) is 0.532. The van der Waals surface area contributed by atoms with Crippen molar-refractivity contribution in [3.8, 4) is 0 Å². The van der Waals surface area contributed by atoms with E-state index in [0.29, 0.717) is 0 Å². The Morgan fingerprint density at radius 1 is 1.73 bits per heavy atom. The number of aromatic nitrogens is 2. The fourth-order valence-electron chi connectivity index (χ4n) is 0.532. The molecule has 0 amide bonds. The number of nitrogens with two attached hydrogens (primary N) is 1. The maximum absolute atomic E-state index is 10.7. The van der Waals surface area contributed by atoms with Gasteiger partial charge in [-0.15, -0.1) is 0 Å². The summed E-state index contributed by atoms with van der Waals surface area (Å²) in [5.74, 6) is -0.138. The van der Waals surface area contributed by atoms with Gasteiger partial charge in [-0.1, -0.05) is 0 Å². The highest BCUT2D eigenvalue weighted by atomic mass is 16.6. The van der Waals surface area contributed by atoms with Crippen LogP contribution in [-0.4, -0.2) is 14.9 Å². The van der Waals surface area contributed by atoms with Crippen LogP contribution in [0.15, 0.2) is 11.0 Å². The number of nitrogens with one attached hydrogen (secondary N) is 1. The number of nitrogen functional groups attached to an aromatic ring is 1. The molecule has 0 aliphatic carbocycles. The number of H-pyrrole nitrogens is 1. The number of hydrogen-bond donors (Lipinski definition) is 2. The number of rotatable bonds is 1. The molecule has 7 nitrogen and oxygen atoms in total. The van der Waals surface area contributed by atoms with Crippen molar-refractivity contribution >= 4 is 11.6 Å². The van der Waals surface area contributed by atoms with Crippen molar-refractivity contribution in [1.29, 1.82) is 0 Å². The lowest BCUT2D eigenvalue weighted by Crippen LogP contribution is -2.14. The van der Waals surface area contributed by atoms with Gasteiger partial charge < -0.3 is 5.73 Å². The summed E-state index contributed by atoms with van der Waals surface area (Å²) in [7, 11) is 0. The maximum Gasteiger partial charge on any atom is 0.352 e. The molecular weight excluding hydrogens is 152 g/mol. The molecule has 3 N–H and O–H groups in total. The third-order valence-corrected chi connectivity index (χ3v) is 0.997. The molecule has 1 heterocycles. The van der Waals surface area contributed by atoms with Crippen LogP contribution in [0.5, 0.6) is 0 Å². The minimum Gasteiger partial charge on any atom is -0.369 e. The number of anilines is 1. The van der Waals surface area contributed by atoms with Crippen LogP contribution in [0.3, 0.4) is 0 Å². The zero-order chi connectivity index (χ0) is 8.43. The predicted molar refractivity (Wildman–Crippen MR) is 35.9 cm³/mol. The standard InChI is InChI=1S/C4H4N4O3/c5-4-6-1-2(8(10)11)3(9)7-4/h1H,(H3,5,6,7,9). The minimum atomic E-state index is -0.845. The topological polar surface area (TPSA) is 115 Å². The van der Waals surface area contributed by atoms with E-state index in [1.807, 2.05) is 4.98 Å². The van der Waals surface area contributed by atoms with Crippen molar-refractivity contribution in [3.63, 3.8) is 0 Å². The molecule has 0 unspecified atom stereocenters. The van der Waals surface area contributed by atoms with Gasteiger partial charge in [-0.2, -0.15) is 0 Å². The molecule has 0 saturated heterocycles. The van der Waals surface area contributed by atoms with E-state index in [4.69, 9.17) is 5.73 Å². The summed E-state index contributed by atoms with van der Waals surface area (Å²) in [6, 6.07) is 0. The Hall–Kier alpha value is -1.92. The van der Waals surface area contributed by atoms with Gasteiger partial charge in [0.2, 0.25) is 5.95 Å². The van der Waals surface area contributed by atoms with E-state index in [9.17, 15) is 14.9 Å². The molecule has 0 aliphatic heterocycles. The minimum absolute atomic E-state index is 0.138. The van der Waals surface area contributed by atoms with Crippen LogP contribution in [0.1, 0.15) is 0 Å². The Kier molecular flexibility index (Phi) is 1.55. The highest BCUT2D eigenvalue weighted by Gasteiger charge is 2.11. The summed E-state index contributed by atoms with van der Waals surface area (Å²) >= 11 is 0. The zero-order valence-corrected chi connectivity index (χ0v) is 5.27. The number of hydrogen-bond acceptors (Lipinski definition) is 5. The SMILES string of the molecule is Nc1ncc([N+](=O)[O-])c(=O)[nH]1. The molecule has 11 heavy (non-hydrogen) atoms. The lowest BCUT2D eigenvalue weighted by atomic mass is 10.5. The highest BCUT2D eigenvalue weighted by molar-refractivity contribution is 5.26. The molecule has 0 atom stereocenters. The first kappa shape index (κ1) is 7.19. The number of aromatic amines is 1. The highest BCUT2D eigenvalue weighted by Crippen LogP contribution is 1.98. The van der Waals surface area contributed by atoms with Gasteiger partial charge in [0, 0.05) is 0 Å². The normalized spacial score (nSPS) is 9.45. The zero-order valence-electron chi connectivity index (χ0n) is 5.27. The summed E-state index contributed by atoms with van der Waals surface area (Å²) in [5, 5.41) is 10.0. The smallest absolute Gasteiger partial charge is 0.352 e. The molecule has 1 aromatic heterocycles. The van der Waals surface area contributed by atoms with Gasteiger partial charge in [0.1, 0.15) is 6.20 Å². The fraction of sp³-hybridized carbons (Fsp3) is 0. The van der Waals surface area contributed by atoms with Gasteiger partial charge in [0.05, 0.1) is 4.92 Å². The first-order valence-corrected chi connectivity index (χ1v) is 2.60. The van der Waals surface area contributed by atoms with Crippen molar-refractivity contribution in [2.45, 2.75) is 0 Å². The molecule has 0 fully saturated rings. The first-order valence-electron chi connectivity index (χ1n) is 2.60. The predicted octanol–water partition coefficient (Wildman–Crippen LogP) is -0.740. The van der Waals surface area contributed by atoms with Gasteiger partial charge >= 0.3 is 11.2 Å². The van der Waals surface area contributed by atoms with E-state index in [1.54, 1.807) is 0 Å². The third kappa shape index (κ3) is 1.31. The summed E-state index contributed by atoms with van der Waals surface area (Å²) in [4.78, 5) is 25.2. The molecule has 0 aromatic carbocycles. The van der Waals surface area contributed by atoms with E-state index in [2.05, 4.69) is 4.98 Å². The van der Waals surface area contributed by atoms with E-state index >= 15 is 0 Å². The van der Waals surface area contributed by atoms with Gasteiger partial charge in [-0.3, -0.25) is 19.9 Å². The summed E-state index contributed by atoms with van der Waals surface area (Å²) < 4.78 is 0. The van der Waals surface area contributed by atoms with Crippen LogP contribution in [-0.2, 0) is 0 Å². The van der Waals surface area contributed by atoms with Crippen LogP contribution in [0.25, 0.3) is 0 Å². The van der Waals surface area contributed by atoms with E-state index in [0.717, 1.165) is 6.20 Å². The number of nitro groups is 1. The third-order valence-electron chi connectivity index (χ3n) is 0.997. The van der Waals surface area contributed by atoms with E-state index in [-0.39, 0.29) is 5.95 Å². The summed E-state index contributed by atoms with van der Waals surface area (Å²) in [5.41, 5.74) is 3.58. The van der Waals surface area contributed by atoms with Crippen LogP contribution in [0.2, 0.25) is 0 Å². The molecule has 0 saturated carbocycles. The van der Waals surface area contributed by atoms with E-state index < -0.39 is 16.2 Å². The van der Waals surface area contributed by atoms with Crippen LogP contribution < -0.4 is 11.3 Å². The number of nitrogens with zero attached hydrogens (tertiary/aromatic N) is 2. The average molecular weight is 156 g/mol. The van der Waals surface area contributed by atoms with Gasteiger partial charge in [-0.05, 0) is 0 Å². The quantitative estimate of drug-likeness (QED) is 0.410. The molecular formula is C4H4N4O3. The largest absolute Gasteiger partial charge is 0.369 e. The molecule has 7 heteroatoms. The van der Waals surface area contributed by atoms with Gasteiger partial charge in [0.25, 0.3) is 0 Å². The lowest BCUT2D eigenvalue weighted by Gasteiger charge is -1.89. The maximum atomic E-state index is 10.7. The van der Waals surface area contributed by atoms with Crippen molar-refractivity contribution in [2.24, 2.45) is 0 Å². The summed E-state index contributed by atoms with van der Waals surface area (Å²) in [6.07, 6.45) is 0.814. The molecule has 1 aromatic rings. The average Bonchev–Trinajstić information content (AvgIpc) is 1.85. The molecule has 0 bridgehead atoms. The summed E-state index contributed by atoms with van der Waals surface area (Å²) in [6.45, 7) is 0. The first-order chi connectivity index (χ1) is 5.11.